The number of carbonyl (C=O) groups is 2. The molecule has 0 bridgehead atoms. The van der Waals surface area contributed by atoms with Gasteiger partial charge in [-0.1, -0.05) is 48.9 Å². The first-order valence-corrected chi connectivity index (χ1v) is 11.1. The summed E-state index contributed by atoms with van der Waals surface area (Å²) in [5.74, 6) is -1.22. The number of esters is 1. The Kier molecular flexibility index (Phi) is 12.5. The Bertz CT molecular complexity index is 1070. The molecule has 0 aliphatic rings. The van der Waals surface area contributed by atoms with E-state index in [4.69, 9.17) is 15.2 Å². The monoisotopic (exact) mass is 484 g/mol. The molecule has 0 fully saturated rings. The number of aromatic nitrogens is 1. The molecule has 3 N–H and O–H groups in total. The molecule has 0 radical (unpaired) electrons. The fourth-order valence-corrected chi connectivity index (χ4v) is 2.79. The highest BCUT2D eigenvalue weighted by Crippen LogP contribution is 2.26. The van der Waals surface area contributed by atoms with Crippen LogP contribution in [-0.4, -0.2) is 35.2 Å². The van der Waals surface area contributed by atoms with E-state index in [1.165, 1.54) is 42.6 Å². The SMILES string of the molecule is CCC(=O)OC(C)Cc1ccc(C)cc1.COc1ccnc(C(N)=O)c1O.Cc1cccc(F)c1. The van der Waals surface area contributed by atoms with Gasteiger partial charge in [0.1, 0.15) is 11.9 Å². The third-order valence-electron chi connectivity index (χ3n) is 4.59. The normalized spacial score (nSPS) is 10.6. The van der Waals surface area contributed by atoms with Crippen LogP contribution in [0.25, 0.3) is 0 Å². The molecular formula is C27H33FN2O5. The topological polar surface area (TPSA) is 112 Å². The van der Waals surface area contributed by atoms with Crippen LogP contribution in [0.15, 0.2) is 60.8 Å². The van der Waals surface area contributed by atoms with Crippen molar-refractivity contribution in [1.82, 2.24) is 4.98 Å². The van der Waals surface area contributed by atoms with Crippen molar-refractivity contribution in [3.8, 4) is 11.5 Å². The summed E-state index contributed by atoms with van der Waals surface area (Å²) in [6.07, 6.45) is 2.52. The Morgan fingerprint density at radius 2 is 1.74 bits per heavy atom. The lowest BCUT2D eigenvalue weighted by Gasteiger charge is -2.12. The maximum Gasteiger partial charge on any atom is 0.305 e. The van der Waals surface area contributed by atoms with Crippen molar-refractivity contribution < 1.29 is 28.6 Å². The fraction of sp³-hybridized carbons (Fsp3) is 0.296. The lowest BCUT2D eigenvalue weighted by molar-refractivity contribution is -0.147. The summed E-state index contributed by atoms with van der Waals surface area (Å²) in [6.45, 7) is 7.65. The molecular weight excluding hydrogens is 451 g/mol. The summed E-state index contributed by atoms with van der Waals surface area (Å²) in [4.78, 5) is 25.3. The average Bonchev–Trinajstić information content (AvgIpc) is 2.81. The Morgan fingerprint density at radius 1 is 1.09 bits per heavy atom. The number of primary amides is 1. The van der Waals surface area contributed by atoms with Gasteiger partial charge in [-0.2, -0.15) is 0 Å². The number of benzene rings is 2. The maximum atomic E-state index is 12.2. The van der Waals surface area contributed by atoms with Crippen molar-refractivity contribution in [3.05, 3.63) is 89.0 Å². The minimum Gasteiger partial charge on any atom is -0.503 e. The minimum absolute atomic E-state index is 0.0415. The summed E-state index contributed by atoms with van der Waals surface area (Å²) >= 11 is 0. The van der Waals surface area contributed by atoms with Crippen LogP contribution in [0.3, 0.4) is 0 Å². The minimum atomic E-state index is -0.786. The van der Waals surface area contributed by atoms with Gasteiger partial charge in [-0.05, 0) is 44.0 Å². The van der Waals surface area contributed by atoms with Gasteiger partial charge in [-0.15, -0.1) is 0 Å². The lowest BCUT2D eigenvalue weighted by atomic mass is 10.1. The van der Waals surface area contributed by atoms with E-state index in [9.17, 15) is 19.1 Å². The van der Waals surface area contributed by atoms with Crippen LogP contribution < -0.4 is 10.5 Å². The summed E-state index contributed by atoms with van der Waals surface area (Å²) in [5, 5.41) is 9.27. The van der Waals surface area contributed by atoms with E-state index < -0.39 is 5.91 Å². The van der Waals surface area contributed by atoms with Crippen LogP contribution in [-0.2, 0) is 16.0 Å². The number of aryl methyl sites for hydroxylation is 2. The van der Waals surface area contributed by atoms with E-state index in [1.54, 1.807) is 13.0 Å². The second-order valence-corrected chi connectivity index (χ2v) is 7.72. The van der Waals surface area contributed by atoms with Gasteiger partial charge in [0.25, 0.3) is 5.91 Å². The summed E-state index contributed by atoms with van der Waals surface area (Å²) in [7, 11) is 1.37. The predicted octanol–water partition coefficient (Wildman–Crippen LogP) is 4.91. The fourth-order valence-electron chi connectivity index (χ4n) is 2.79. The van der Waals surface area contributed by atoms with Gasteiger partial charge in [-0.3, -0.25) is 9.59 Å². The van der Waals surface area contributed by atoms with Crippen LogP contribution in [0, 0.1) is 19.7 Å². The molecule has 188 valence electrons. The Labute approximate surface area is 205 Å². The number of nitrogens with two attached hydrogens (primary N) is 1. The molecule has 0 spiro atoms. The Balaban J connectivity index is 0.000000274. The quantitative estimate of drug-likeness (QED) is 0.481. The van der Waals surface area contributed by atoms with Gasteiger partial charge >= 0.3 is 5.97 Å². The zero-order valence-corrected chi connectivity index (χ0v) is 20.7. The zero-order valence-electron chi connectivity index (χ0n) is 20.7. The van der Waals surface area contributed by atoms with E-state index in [-0.39, 0.29) is 35.1 Å². The van der Waals surface area contributed by atoms with E-state index in [0.29, 0.717) is 6.42 Å². The zero-order chi connectivity index (χ0) is 26.4. The van der Waals surface area contributed by atoms with Crippen LogP contribution in [0.5, 0.6) is 11.5 Å². The molecule has 2 aromatic carbocycles. The number of nitrogens with zero attached hydrogens (tertiary/aromatic N) is 1. The molecule has 0 saturated carbocycles. The molecule has 7 nitrogen and oxygen atoms in total. The molecule has 0 aliphatic heterocycles. The molecule has 8 heteroatoms. The van der Waals surface area contributed by atoms with Crippen LogP contribution in [0.1, 0.15) is 47.4 Å². The van der Waals surface area contributed by atoms with Crippen molar-refractivity contribution in [1.29, 1.82) is 0 Å². The second kappa shape index (κ2) is 15.1. The number of rotatable bonds is 6. The van der Waals surface area contributed by atoms with Gasteiger partial charge in [0, 0.05) is 25.1 Å². The molecule has 1 atom stereocenters. The first-order chi connectivity index (χ1) is 16.6. The van der Waals surface area contributed by atoms with Crippen LogP contribution in [0.4, 0.5) is 4.39 Å². The van der Waals surface area contributed by atoms with E-state index in [1.807, 2.05) is 19.9 Å². The van der Waals surface area contributed by atoms with Gasteiger partial charge in [0.05, 0.1) is 7.11 Å². The third kappa shape index (κ3) is 11.2. The summed E-state index contributed by atoms with van der Waals surface area (Å²) < 4.78 is 22.1. The maximum absolute atomic E-state index is 12.2. The number of hydrogen-bond acceptors (Lipinski definition) is 6. The largest absolute Gasteiger partial charge is 0.503 e. The van der Waals surface area contributed by atoms with Gasteiger partial charge < -0.3 is 20.3 Å². The predicted molar refractivity (Wildman–Crippen MR) is 133 cm³/mol. The number of pyridine rings is 1. The first-order valence-electron chi connectivity index (χ1n) is 11.1. The van der Waals surface area contributed by atoms with Gasteiger partial charge in [-0.25, -0.2) is 9.37 Å². The number of hydrogen-bond donors (Lipinski definition) is 2. The molecule has 3 rings (SSSR count). The number of methoxy groups -OCH3 is 1. The van der Waals surface area contributed by atoms with Crippen LogP contribution >= 0.6 is 0 Å². The molecule has 1 aromatic heterocycles. The Hall–Kier alpha value is -3.94. The number of ether oxygens (including phenoxy) is 2. The number of carbonyl (C=O) groups excluding carboxylic acids is 2. The molecule has 0 aliphatic carbocycles. The Morgan fingerprint density at radius 3 is 2.23 bits per heavy atom. The summed E-state index contributed by atoms with van der Waals surface area (Å²) in [5.41, 5.74) is 8.15. The molecule has 1 amide bonds. The number of halogens is 1. The lowest BCUT2D eigenvalue weighted by Crippen LogP contribution is -2.16. The molecule has 3 aromatic rings. The van der Waals surface area contributed by atoms with Crippen molar-refractivity contribution in [2.75, 3.05) is 7.11 Å². The van der Waals surface area contributed by atoms with Crippen molar-refractivity contribution >= 4 is 11.9 Å². The van der Waals surface area contributed by atoms with Crippen molar-refractivity contribution in [2.45, 2.75) is 46.6 Å². The van der Waals surface area contributed by atoms with Crippen molar-refractivity contribution in [2.24, 2.45) is 5.73 Å². The highest BCUT2D eigenvalue weighted by atomic mass is 19.1. The summed E-state index contributed by atoms with van der Waals surface area (Å²) in [6, 6.07) is 16.2. The third-order valence-corrected chi connectivity index (χ3v) is 4.59. The molecule has 35 heavy (non-hydrogen) atoms. The highest BCUT2D eigenvalue weighted by Gasteiger charge is 2.12. The average molecular weight is 485 g/mol. The number of aromatic hydroxyl groups is 1. The van der Waals surface area contributed by atoms with Crippen molar-refractivity contribution in [3.63, 3.8) is 0 Å². The molecule has 1 heterocycles. The number of amides is 1. The second-order valence-electron chi connectivity index (χ2n) is 7.72. The van der Waals surface area contributed by atoms with Gasteiger partial charge in [0.15, 0.2) is 17.2 Å². The van der Waals surface area contributed by atoms with E-state index in [2.05, 4.69) is 36.2 Å². The van der Waals surface area contributed by atoms with Crippen LogP contribution in [0.2, 0.25) is 0 Å². The van der Waals surface area contributed by atoms with E-state index >= 15 is 0 Å². The first kappa shape index (κ1) is 29.1. The van der Waals surface area contributed by atoms with Gasteiger partial charge in [0.2, 0.25) is 0 Å². The molecule has 1 unspecified atom stereocenters. The molecule has 0 saturated heterocycles. The van der Waals surface area contributed by atoms with E-state index in [0.717, 1.165) is 12.0 Å². The smallest absolute Gasteiger partial charge is 0.305 e. The highest BCUT2D eigenvalue weighted by molar-refractivity contribution is 5.94. The standard InChI is InChI=1S/C13H18O2.C7H7F.C7H8N2O3/c1-4-13(14)15-11(3)9-12-7-5-10(2)6-8-12;1-6-3-2-4-7(8)5-6;1-12-4-2-3-9-5(6(4)10)7(8)11/h5-8,11H,4,9H2,1-3H3;2-5H,1H3;2-3,10H,1H3,(H2,8,11).